The normalized spacial score (nSPS) is 16.2. The van der Waals surface area contributed by atoms with Crippen molar-refractivity contribution >= 4 is 28.5 Å². The Balaban J connectivity index is 1.59. The fraction of sp³-hybridized carbons (Fsp3) is 0.304. The minimum Gasteiger partial charge on any atom is -0.461 e. The highest BCUT2D eigenvalue weighted by molar-refractivity contribution is 6.09. The third kappa shape index (κ3) is 3.41. The van der Waals surface area contributed by atoms with Gasteiger partial charge in [-0.25, -0.2) is 0 Å². The molecule has 0 saturated carbocycles. The lowest BCUT2D eigenvalue weighted by molar-refractivity contribution is -0.124. The van der Waals surface area contributed by atoms with Gasteiger partial charge in [0.05, 0.1) is 12.2 Å². The minimum atomic E-state index is -1.55. The van der Waals surface area contributed by atoms with Crippen molar-refractivity contribution in [2.75, 3.05) is 24.6 Å². The van der Waals surface area contributed by atoms with E-state index in [0.29, 0.717) is 28.2 Å². The number of benzene rings is 2. The summed E-state index contributed by atoms with van der Waals surface area (Å²) in [6.07, 6.45) is 0. The maximum absolute atomic E-state index is 12.9. The van der Waals surface area contributed by atoms with Crippen LogP contribution in [0.5, 0.6) is 0 Å². The van der Waals surface area contributed by atoms with Gasteiger partial charge in [-0.3, -0.25) is 9.59 Å². The maximum atomic E-state index is 12.9. The van der Waals surface area contributed by atoms with Crippen LogP contribution in [0, 0.1) is 6.92 Å². The van der Waals surface area contributed by atoms with Gasteiger partial charge in [-0.15, -0.1) is 0 Å². The number of aliphatic hydroxyl groups excluding tert-OH is 1. The van der Waals surface area contributed by atoms with Gasteiger partial charge in [0.2, 0.25) is 5.91 Å². The molecule has 3 aromatic rings. The van der Waals surface area contributed by atoms with Crippen molar-refractivity contribution < 1.29 is 19.1 Å². The smallest absolute Gasteiger partial charge is 0.256 e. The second kappa shape index (κ2) is 7.50. The Morgan fingerprint density at radius 2 is 1.93 bits per heavy atom. The van der Waals surface area contributed by atoms with Crippen LogP contribution in [0.1, 0.15) is 34.5 Å². The topological polar surface area (TPSA) is 109 Å². The fourth-order valence-electron chi connectivity index (χ4n) is 3.80. The molecule has 2 heterocycles. The van der Waals surface area contributed by atoms with Gasteiger partial charge >= 0.3 is 0 Å². The van der Waals surface area contributed by atoms with E-state index in [4.69, 9.17) is 10.2 Å². The first-order valence-electron chi connectivity index (χ1n) is 9.88. The number of hydrogen-bond donors (Lipinski definition) is 3. The molecule has 0 unspecified atom stereocenters. The number of hydrogen-bond acceptors (Lipinski definition) is 5. The van der Waals surface area contributed by atoms with Crippen LogP contribution in [0.25, 0.3) is 11.0 Å². The van der Waals surface area contributed by atoms with Crippen LogP contribution < -0.4 is 16.0 Å². The number of rotatable bonds is 6. The molecule has 4 rings (SSSR count). The number of nitrogens with one attached hydrogen (secondary N) is 1. The van der Waals surface area contributed by atoms with Crippen LogP contribution in [-0.4, -0.2) is 42.2 Å². The van der Waals surface area contributed by atoms with Crippen molar-refractivity contribution in [2.24, 2.45) is 5.73 Å². The second-order valence-corrected chi connectivity index (χ2v) is 8.03. The molecule has 0 bridgehead atoms. The molecule has 2 aromatic carbocycles. The van der Waals surface area contributed by atoms with Gasteiger partial charge in [-0.05, 0) is 37.6 Å². The van der Waals surface area contributed by atoms with Crippen molar-refractivity contribution in [1.29, 1.82) is 0 Å². The molecule has 0 radical (unpaired) electrons. The zero-order valence-electron chi connectivity index (χ0n) is 17.0. The van der Waals surface area contributed by atoms with E-state index < -0.39 is 24.0 Å². The van der Waals surface area contributed by atoms with Gasteiger partial charge < -0.3 is 25.5 Å². The van der Waals surface area contributed by atoms with Crippen molar-refractivity contribution in [1.82, 2.24) is 5.32 Å². The third-order valence-electron chi connectivity index (χ3n) is 5.84. The van der Waals surface area contributed by atoms with Crippen LogP contribution in [0.2, 0.25) is 0 Å². The quantitative estimate of drug-likeness (QED) is 0.581. The van der Waals surface area contributed by atoms with Gasteiger partial charge in [-0.1, -0.05) is 30.3 Å². The molecule has 30 heavy (non-hydrogen) atoms. The van der Waals surface area contributed by atoms with Crippen molar-refractivity contribution in [3.05, 3.63) is 65.4 Å². The number of anilines is 1. The molecule has 0 aliphatic carbocycles. The Morgan fingerprint density at radius 1 is 1.23 bits per heavy atom. The molecule has 4 N–H and O–H groups in total. The molecule has 7 nitrogen and oxygen atoms in total. The minimum absolute atomic E-state index is 0.341. The summed E-state index contributed by atoms with van der Waals surface area (Å²) in [4.78, 5) is 26.8. The van der Waals surface area contributed by atoms with E-state index in [1.807, 2.05) is 24.3 Å². The highest BCUT2D eigenvalue weighted by Gasteiger charge is 2.34. The van der Waals surface area contributed by atoms with Gasteiger partial charge in [0.15, 0.2) is 0 Å². The van der Waals surface area contributed by atoms with E-state index in [0.717, 1.165) is 18.8 Å². The number of nitrogens with two attached hydrogens (primary N) is 1. The van der Waals surface area contributed by atoms with Gasteiger partial charge in [0, 0.05) is 30.1 Å². The monoisotopic (exact) mass is 407 g/mol. The molecule has 2 amide bonds. The van der Waals surface area contributed by atoms with E-state index in [9.17, 15) is 14.7 Å². The Kier molecular flexibility index (Phi) is 4.99. The van der Waals surface area contributed by atoms with E-state index in [-0.39, 0.29) is 0 Å². The van der Waals surface area contributed by atoms with Crippen molar-refractivity contribution in [3.63, 3.8) is 0 Å². The number of furan rings is 1. The first-order chi connectivity index (χ1) is 14.3. The summed E-state index contributed by atoms with van der Waals surface area (Å²) < 4.78 is 5.75. The molecule has 7 heteroatoms. The third-order valence-corrected chi connectivity index (χ3v) is 5.84. The Hall–Kier alpha value is -3.32. The van der Waals surface area contributed by atoms with E-state index in [1.165, 1.54) is 12.5 Å². The summed E-state index contributed by atoms with van der Waals surface area (Å²) in [6, 6.07) is 16.2. The molecular weight excluding hydrogens is 382 g/mol. The fourth-order valence-corrected chi connectivity index (χ4v) is 3.80. The molecule has 1 saturated heterocycles. The average molecular weight is 407 g/mol. The Labute approximate surface area is 174 Å². The largest absolute Gasteiger partial charge is 0.461 e. The number of amides is 2. The molecule has 1 atom stereocenters. The average Bonchev–Trinajstić information content (AvgIpc) is 3.02. The van der Waals surface area contributed by atoms with Crippen molar-refractivity contribution in [3.8, 4) is 0 Å². The standard InChI is InChI=1S/C23H25N3O4/c1-14-20(21(28)25-23(2,13-27)22(24)29)18-10-17(8-9-19(18)30-14)26-11-16(12-26)15-6-4-3-5-7-15/h3-10,16,27H,11-13H2,1-2H3,(H2,24,29)(H,25,28)/t23-/m0/s1. The zero-order valence-corrected chi connectivity index (χ0v) is 17.0. The highest BCUT2D eigenvalue weighted by Crippen LogP contribution is 2.35. The zero-order chi connectivity index (χ0) is 21.5. The Bertz CT molecular complexity index is 1100. The van der Waals surface area contributed by atoms with Crippen molar-refractivity contribution in [2.45, 2.75) is 25.3 Å². The summed E-state index contributed by atoms with van der Waals surface area (Å²) in [5.41, 5.74) is 7.05. The van der Waals surface area contributed by atoms with Crippen LogP contribution in [-0.2, 0) is 4.79 Å². The van der Waals surface area contributed by atoms with Crippen LogP contribution in [0.15, 0.2) is 52.9 Å². The van der Waals surface area contributed by atoms with Crippen LogP contribution >= 0.6 is 0 Å². The number of aliphatic hydroxyl groups is 1. The molecule has 1 aliphatic heterocycles. The lowest BCUT2D eigenvalue weighted by atomic mass is 9.91. The molecule has 1 fully saturated rings. The first-order valence-corrected chi connectivity index (χ1v) is 9.88. The summed E-state index contributed by atoms with van der Waals surface area (Å²) in [7, 11) is 0. The predicted octanol–water partition coefficient (Wildman–Crippen LogP) is 2.31. The van der Waals surface area contributed by atoms with E-state index in [1.54, 1.807) is 6.92 Å². The SMILES string of the molecule is Cc1oc2ccc(N3CC(c4ccccc4)C3)cc2c1C(=O)N[C@@](C)(CO)C(N)=O. The van der Waals surface area contributed by atoms with E-state index >= 15 is 0 Å². The summed E-state index contributed by atoms with van der Waals surface area (Å²) in [5.74, 6) is -0.395. The molecule has 0 spiro atoms. The van der Waals surface area contributed by atoms with Crippen LogP contribution in [0.3, 0.4) is 0 Å². The highest BCUT2D eigenvalue weighted by atomic mass is 16.3. The number of nitrogens with zero attached hydrogens (tertiary/aromatic N) is 1. The summed E-state index contributed by atoms with van der Waals surface area (Å²) in [5, 5.41) is 12.7. The number of aryl methyl sites for hydroxylation is 1. The summed E-state index contributed by atoms with van der Waals surface area (Å²) >= 11 is 0. The number of primary amides is 1. The first kappa shape index (κ1) is 20.0. The number of carbonyl (C=O) groups is 2. The number of carbonyl (C=O) groups excluding carboxylic acids is 2. The lowest BCUT2D eigenvalue weighted by Crippen LogP contribution is -2.57. The van der Waals surface area contributed by atoms with Gasteiger partial charge in [0.25, 0.3) is 5.91 Å². The molecular formula is C23H25N3O4. The predicted molar refractivity (Wildman–Crippen MR) is 114 cm³/mol. The Morgan fingerprint density at radius 3 is 2.57 bits per heavy atom. The molecule has 156 valence electrons. The van der Waals surface area contributed by atoms with Gasteiger partial charge in [-0.2, -0.15) is 0 Å². The maximum Gasteiger partial charge on any atom is 0.256 e. The molecule has 1 aromatic heterocycles. The van der Waals surface area contributed by atoms with Crippen LogP contribution in [0.4, 0.5) is 5.69 Å². The summed E-state index contributed by atoms with van der Waals surface area (Å²) in [6.45, 7) is 4.29. The molecule has 1 aliphatic rings. The number of fused-ring (bicyclic) bond motifs is 1. The van der Waals surface area contributed by atoms with E-state index in [2.05, 4.69) is 34.5 Å². The van der Waals surface area contributed by atoms with Gasteiger partial charge in [0.1, 0.15) is 16.9 Å². The lowest BCUT2D eigenvalue weighted by Gasteiger charge is -2.41. The second-order valence-electron chi connectivity index (χ2n) is 8.03.